The molecule has 0 saturated heterocycles. The van der Waals surface area contributed by atoms with Crippen molar-refractivity contribution in [3.8, 4) is 11.1 Å². The average molecular weight is 607 g/mol. The fraction of sp³-hybridized carbons (Fsp3) is 0.143. The second kappa shape index (κ2) is 16.7. The normalized spacial score (nSPS) is 11.3. The largest absolute Gasteiger partial charge is 0.478 e. The van der Waals surface area contributed by atoms with E-state index >= 15 is 0 Å². The molecule has 4 aromatic rings. The Labute approximate surface area is 261 Å². The molecule has 230 valence electrons. The van der Waals surface area contributed by atoms with Gasteiger partial charge in [0.15, 0.2) is 0 Å². The zero-order chi connectivity index (χ0) is 31.9. The van der Waals surface area contributed by atoms with Gasteiger partial charge in [0.1, 0.15) is 12.6 Å². The zero-order valence-corrected chi connectivity index (χ0v) is 24.4. The second-order valence-electron chi connectivity index (χ2n) is 10.0. The van der Waals surface area contributed by atoms with Crippen LogP contribution in [0.5, 0.6) is 0 Å². The maximum Gasteiger partial charge on any atom is 0.407 e. The van der Waals surface area contributed by atoms with Gasteiger partial charge in [-0.3, -0.25) is 4.79 Å². The highest BCUT2D eigenvalue weighted by atomic mass is 16.5. The van der Waals surface area contributed by atoms with Gasteiger partial charge < -0.3 is 31.1 Å². The fourth-order valence-electron chi connectivity index (χ4n) is 4.36. The Hall–Kier alpha value is -5.90. The summed E-state index contributed by atoms with van der Waals surface area (Å²) in [4.78, 5) is 49.2. The standard InChI is InChI=1S/C35H34N4O6/c40-32(41)21-16-25-11-7-14-30(23-25)37-33(42)31(15-8-22-36-35(44)45-24-26-9-3-1-4-10-26)39-34(43)38-29-19-17-28(18-20-29)27-12-5-2-6-13-27/h1-7,9-14,16-21,23,31H,8,15,22,24H2,(H,36,44)(H,37,42)(H,40,41)(H2,38,39,43)/b21-16+/t31-/m0/s1. The number of carbonyl (C=O) groups is 4. The molecule has 4 amide bonds. The molecule has 4 rings (SSSR count). The van der Waals surface area contributed by atoms with E-state index in [0.29, 0.717) is 23.4 Å². The maximum absolute atomic E-state index is 13.3. The van der Waals surface area contributed by atoms with E-state index in [1.807, 2.05) is 72.8 Å². The Kier molecular flexibility index (Phi) is 11.9. The summed E-state index contributed by atoms with van der Waals surface area (Å²) in [5.74, 6) is -1.57. The number of ether oxygens (including phenoxy) is 1. The minimum Gasteiger partial charge on any atom is -0.478 e. The minimum atomic E-state index is -1.09. The van der Waals surface area contributed by atoms with Crippen molar-refractivity contribution in [1.29, 1.82) is 0 Å². The Morgan fingerprint density at radius 2 is 1.44 bits per heavy atom. The SMILES string of the molecule is O=C(O)/C=C/c1cccc(NC(=O)[C@H](CCCNC(=O)OCc2ccccc2)NC(=O)Nc2ccc(-c3ccccc3)cc2)c1. The van der Waals surface area contributed by atoms with Crippen molar-refractivity contribution in [3.05, 3.63) is 126 Å². The first-order chi connectivity index (χ1) is 21.9. The molecule has 10 heteroatoms. The van der Waals surface area contributed by atoms with Crippen molar-refractivity contribution in [2.45, 2.75) is 25.5 Å². The van der Waals surface area contributed by atoms with Crippen LogP contribution in [0.4, 0.5) is 21.0 Å². The smallest absolute Gasteiger partial charge is 0.407 e. The van der Waals surface area contributed by atoms with Gasteiger partial charge in [-0.2, -0.15) is 0 Å². The Morgan fingerprint density at radius 1 is 0.756 bits per heavy atom. The van der Waals surface area contributed by atoms with E-state index in [1.54, 1.807) is 36.4 Å². The molecule has 10 nitrogen and oxygen atoms in total. The van der Waals surface area contributed by atoms with E-state index in [2.05, 4.69) is 21.3 Å². The molecule has 0 bridgehead atoms. The number of benzene rings is 4. The van der Waals surface area contributed by atoms with Crippen LogP contribution in [0, 0.1) is 0 Å². The van der Waals surface area contributed by atoms with Gasteiger partial charge in [0, 0.05) is 24.0 Å². The van der Waals surface area contributed by atoms with Crippen LogP contribution in [0.15, 0.2) is 115 Å². The number of aliphatic carboxylic acids is 1. The number of hydrogen-bond acceptors (Lipinski definition) is 5. The summed E-state index contributed by atoms with van der Waals surface area (Å²) in [5, 5.41) is 19.8. The molecule has 5 N–H and O–H groups in total. The predicted octanol–water partition coefficient (Wildman–Crippen LogP) is 6.29. The van der Waals surface area contributed by atoms with Gasteiger partial charge in [0.05, 0.1) is 0 Å². The lowest BCUT2D eigenvalue weighted by atomic mass is 10.1. The molecule has 4 aromatic carbocycles. The van der Waals surface area contributed by atoms with Crippen molar-refractivity contribution in [2.24, 2.45) is 0 Å². The van der Waals surface area contributed by atoms with E-state index in [1.165, 1.54) is 6.08 Å². The summed E-state index contributed by atoms with van der Waals surface area (Å²) in [6.07, 6.45) is 2.40. The van der Waals surface area contributed by atoms with Crippen molar-refractivity contribution >= 4 is 41.5 Å². The number of urea groups is 1. The Bertz CT molecular complexity index is 1610. The van der Waals surface area contributed by atoms with Crippen LogP contribution in [-0.4, -0.2) is 41.7 Å². The lowest BCUT2D eigenvalue weighted by Gasteiger charge is -2.19. The van der Waals surface area contributed by atoms with E-state index in [0.717, 1.165) is 22.8 Å². The highest BCUT2D eigenvalue weighted by molar-refractivity contribution is 5.99. The number of hydrogen-bond donors (Lipinski definition) is 5. The summed E-state index contributed by atoms with van der Waals surface area (Å²) in [6.45, 7) is 0.351. The molecule has 1 atom stereocenters. The third-order valence-electron chi connectivity index (χ3n) is 6.60. The monoisotopic (exact) mass is 606 g/mol. The molecule has 45 heavy (non-hydrogen) atoms. The van der Waals surface area contributed by atoms with Crippen LogP contribution in [0.2, 0.25) is 0 Å². The van der Waals surface area contributed by atoms with Gasteiger partial charge in [-0.05, 0) is 65.4 Å². The van der Waals surface area contributed by atoms with Crippen LogP contribution in [0.1, 0.15) is 24.0 Å². The summed E-state index contributed by atoms with van der Waals surface area (Å²) < 4.78 is 5.22. The van der Waals surface area contributed by atoms with Gasteiger partial charge in [0.25, 0.3) is 0 Å². The summed E-state index contributed by atoms with van der Waals surface area (Å²) >= 11 is 0. The lowest BCUT2D eigenvalue weighted by Crippen LogP contribution is -2.46. The van der Waals surface area contributed by atoms with Gasteiger partial charge in [-0.25, -0.2) is 14.4 Å². The van der Waals surface area contributed by atoms with E-state index in [9.17, 15) is 19.2 Å². The molecular formula is C35H34N4O6. The van der Waals surface area contributed by atoms with Crippen LogP contribution in [-0.2, 0) is 20.9 Å². The summed E-state index contributed by atoms with van der Waals surface area (Å²) in [5.41, 5.74) is 4.46. The number of nitrogens with one attached hydrogen (secondary N) is 4. The number of carboxylic acid groups (broad SMARTS) is 1. The van der Waals surface area contributed by atoms with Crippen molar-refractivity contribution in [3.63, 3.8) is 0 Å². The molecule has 0 heterocycles. The van der Waals surface area contributed by atoms with Gasteiger partial charge in [-0.15, -0.1) is 0 Å². The molecule has 0 radical (unpaired) electrons. The Balaban J connectivity index is 1.35. The van der Waals surface area contributed by atoms with E-state index in [4.69, 9.17) is 9.84 Å². The maximum atomic E-state index is 13.3. The van der Waals surface area contributed by atoms with Gasteiger partial charge >= 0.3 is 18.1 Å². The Morgan fingerprint density at radius 3 is 2.16 bits per heavy atom. The molecule has 0 saturated carbocycles. The van der Waals surface area contributed by atoms with Crippen LogP contribution >= 0.6 is 0 Å². The average Bonchev–Trinajstić information content (AvgIpc) is 3.05. The van der Waals surface area contributed by atoms with Crippen LogP contribution in [0.3, 0.4) is 0 Å². The number of carbonyl (C=O) groups excluding carboxylic acids is 3. The van der Waals surface area contributed by atoms with Crippen LogP contribution in [0.25, 0.3) is 17.2 Å². The molecule has 0 unspecified atom stereocenters. The number of rotatable bonds is 13. The highest BCUT2D eigenvalue weighted by Crippen LogP contribution is 2.21. The predicted molar refractivity (Wildman–Crippen MR) is 173 cm³/mol. The second-order valence-corrected chi connectivity index (χ2v) is 10.0. The molecule has 0 spiro atoms. The molecular weight excluding hydrogens is 572 g/mol. The summed E-state index contributed by atoms with van der Waals surface area (Å²) in [7, 11) is 0. The molecule has 0 aliphatic heterocycles. The lowest BCUT2D eigenvalue weighted by molar-refractivity contribution is -0.131. The first-order valence-electron chi connectivity index (χ1n) is 14.4. The number of anilines is 2. The third-order valence-corrected chi connectivity index (χ3v) is 6.60. The van der Waals surface area contributed by atoms with Gasteiger partial charge in [-0.1, -0.05) is 84.9 Å². The summed E-state index contributed by atoms with van der Waals surface area (Å²) in [6, 6.07) is 31.6. The first-order valence-corrected chi connectivity index (χ1v) is 14.4. The molecule has 0 aromatic heterocycles. The van der Waals surface area contributed by atoms with Crippen LogP contribution < -0.4 is 21.3 Å². The van der Waals surface area contributed by atoms with Crippen molar-refractivity contribution < 1.29 is 29.0 Å². The molecule has 0 fully saturated rings. The molecule has 0 aliphatic carbocycles. The molecule has 0 aliphatic rings. The third kappa shape index (κ3) is 11.0. The minimum absolute atomic E-state index is 0.131. The first kappa shape index (κ1) is 32.0. The van der Waals surface area contributed by atoms with E-state index in [-0.39, 0.29) is 19.6 Å². The zero-order valence-electron chi connectivity index (χ0n) is 24.4. The van der Waals surface area contributed by atoms with E-state index < -0.39 is 30.0 Å². The number of carboxylic acids is 1. The number of amides is 4. The fourth-order valence-corrected chi connectivity index (χ4v) is 4.36. The highest BCUT2D eigenvalue weighted by Gasteiger charge is 2.21. The topological polar surface area (TPSA) is 146 Å². The van der Waals surface area contributed by atoms with Gasteiger partial charge in [0.2, 0.25) is 5.91 Å². The quantitative estimate of drug-likeness (QED) is 0.0894. The number of alkyl carbamates (subject to hydrolysis) is 1. The van der Waals surface area contributed by atoms with Crippen molar-refractivity contribution in [2.75, 3.05) is 17.2 Å². The van der Waals surface area contributed by atoms with Crippen molar-refractivity contribution in [1.82, 2.24) is 10.6 Å².